The van der Waals surface area contributed by atoms with Crippen molar-refractivity contribution in [1.82, 2.24) is 4.98 Å². The monoisotopic (exact) mass is 194 g/mol. The molecule has 1 N–H and O–H groups in total. The number of hydrogen-bond donors (Lipinski definition) is 1. The molecular formula is C10H14N2O2. The third-order valence-electron chi connectivity index (χ3n) is 3.24. The third-order valence-corrected chi connectivity index (χ3v) is 3.24. The van der Waals surface area contributed by atoms with Gasteiger partial charge in [0.1, 0.15) is 6.26 Å². The Labute approximate surface area is 82.7 Å². The van der Waals surface area contributed by atoms with Crippen molar-refractivity contribution in [2.45, 2.75) is 6.92 Å². The lowest BCUT2D eigenvalue weighted by Gasteiger charge is -2.03. The first-order valence-corrected chi connectivity index (χ1v) is 5.08. The number of rotatable bonds is 3. The highest BCUT2D eigenvalue weighted by molar-refractivity contribution is 5.22. The zero-order chi connectivity index (χ0) is 9.54. The molecule has 0 spiro atoms. The standard InChI is InChI=1S/C10H14N2O2/c1-6-3-14-10(12-6)11-2-7-8-4-13-5-9(7)8/h3,7-9H,2,4-5H2,1H3,(H,11,12). The van der Waals surface area contributed by atoms with Crippen molar-refractivity contribution in [3.05, 3.63) is 12.0 Å². The lowest BCUT2D eigenvalue weighted by atomic mass is 10.3. The summed E-state index contributed by atoms with van der Waals surface area (Å²) in [5.74, 6) is 2.35. The van der Waals surface area contributed by atoms with Gasteiger partial charge in [-0.3, -0.25) is 0 Å². The molecule has 2 aliphatic rings. The Morgan fingerprint density at radius 2 is 2.29 bits per heavy atom. The summed E-state index contributed by atoms with van der Waals surface area (Å²) in [6.07, 6.45) is 1.67. The van der Waals surface area contributed by atoms with Crippen LogP contribution in [0.4, 0.5) is 6.01 Å². The molecule has 3 rings (SSSR count). The molecule has 1 saturated carbocycles. The molecule has 4 heteroatoms. The Hall–Kier alpha value is -1.03. The number of fused-ring (bicyclic) bond motifs is 1. The molecule has 2 atom stereocenters. The quantitative estimate of drug-likeness (QED) is 0.787. The van der Waals surface area contributed by atoms with E-state index in [9.17, 15) is 0 Å². The van der Waals surface area contributed by atoms with Crippen LogP contribution in [0.3, 0.4) is 0 Å². The van der Waals surface area contributed by atoms with Gasteiger partial charge < -0.3 is 14.5 Å². The summed E-state index contributed by atoms with van der Waals surface area (Å²) in [6, 6.07) is 0.647. The maximum absolute atomic E-state index is 5.33. The Morgan fingerprint density at radius 1 is 1.50 bits per heavy atom. The van der Waals surface area contributed by atoms with Crippen LogP contribution in [0, 0.1) is 24.7 Å². The number of anilines is 1. The molecule has 0 amide bonds. The average Bonchev–Trinajstić information content (AvgIpc) is 2.59. The molecule has 1 aromatic rings. The van der Waals surface area contributed by atoms with E-state index in [1.165, 1.54) is 0 Å². The van der Waals surface area contributed by atoms with Gasteiger partial charge in [-0.05, 0) is 24.7 Å². The average molecular weight is 194 g/mol. The van der Waals surface area contributed by atoms with E-state index in [4.69, 9.17) is 9.15 Å². The Kier molecular flexibility index (Phi) is 1.77. The SMILES string of the molecule is Cc1coc(NCC2C3COCC23)n1. The highest BCUT2D eigenvalue weighted by Crippen LogP contribution is 2.50. The van der Waals surface area contributed by atoms with Crippen molar-refractivity contribution in [1.29, 1.82) is 0 Å². The maximum Gasteiger partial charge on any atom is 0.294 e. The summed E-state index contributed by atoms with van der Waals surface area (Å²) in [5, 5.41) is 3.22. The van der Waals surface area contributed by atoms with Crippen LogP contribution in [0.1, 0.15) is 5.69 Å². The van der Waals surface area contributed by atoms with Crippen LogP contribution in [-0.2, 0) is 4.74 Å². The lowest BCUT2D eigenvalue weighted by molar-refractivity contribution is 0.153. The summed E-state index contributed by atoms with van der Waals surface area (Å²) in [6.45, 7) is 4.79. The zero-order valence-electron chi connectivity index (χ0n) is 8.19. The number of oxazole rings is 1. The van der Waals surface area contributed by atoms with Gasteiger partial charge in [-0.1, -0.05) is 0 Å². The molecule has 14 heavy (non-hydrogen) atoms. The smallest absolute Gasteiger partial charge is 0.294 e. The van der Waals surface area contributed by atoms with Crippen molar-refractivity contribution >= 4 is 6.01 Å². The van der Waals surface area contributed by atoms with Gasteiger partial charge >= 0.3 is 0 Å². The number of nitrogens with one attached hydrogen (secondary N) is 1. The molecule has 1 aromatic heterocycles. The fourth-order valence-electron chi connectivity index (χ4n) is 2.30. The van der Waals surface area contributed by atoms with Crippen LogP contribution in [0.15, 0.2) is 10.7 Å². The van der Waals surface area contributed by atoms with Crippen LogP contribution < -0.4 is 5.32 Å². The number of nitrogens with zero attached hydrogens (tertiary/aromatic N) is 1. The fourth-order valence-corrected chi connectivity index (χ4v) is 2.30. The minimum atomic E-state index is 0.647. The van der Waals surface area contributed by atoms with Gasteiger partial charge in [0.25, 0.3) is 6.01 Å². The second kappa shape index (κ2) is 2.98. The van der Waals surface area contributed by atoms with Crippen molar-refractivity contribution < 1.29 is 9.15 Å². The number of aryl methyl sites for hydroxylation is 1. The van der Waals surface area contributed by atoms with Gasteiger partial charge in [0.2, 0.25) is 0 Å². The number of aromatic nitrogens is 1. The zero-order valence-corrected chi connectivity index (χ0v) is 8.19. The number of ether oxygens (including phenoxy) is 1. The third kappa shape index (κ3) is 1.30. The topological polar surface area (TPSA) is 47.3 Å². The van der Waals surface area contributed by atoms with Gasteiger partial charge in [-0.15, -0.1) is 0 Å². The van der Waals surface area contributed by atoms with Crippen molar-refractivity contribution in [3.8, 4) is 0 Å². The fraction of sp³-hybridized carbons (Fsp3) is 0.700. The first kappa shape index (κ1) is 8.29. The van der Waals surface area contributed by atoms with Gasteiger partial charge in [0.15, 0.2) is 0 Å². The molecule has 1 aliphatic carbocycles. The summed E-state index contributed by atoms with van der Waals surface area (Å²) >= 11 is 0. The van der Waals surface area contributed by atoms with E-state index >= 15 is 0 Å². The summed E-state index contributed by atoms with van der Waals surface area (Å²) < 4.78 is 10.5. The van der Waals surface area contributed by atoms with Gasteiger partial charge in [0, 0.05) is 6.54 Å². The summed E-state index contributed by atoms with van der Waals surface area (Å²) in [7, 11) is 0. The molecule has 0 radical (unpaired) electrons. The minimum Gasteiger partial charge on any atom is -0.432 e. The van der Waals surface area contributed by atoms with Gasteiger partial charge in [-0.2, -0.15) is 4.98 Å². The molecule has 1 saturated heterocycles. The molecule has 2 heterocycles. The van der Waals surface area contributed by atoms with E-state index < -0.39 is 0 Å². The van der Waals surface area contributed by atoms with E-state index in [0.717, 1.165) is 43.2 Å². The Balaban J connectivity index is 1.51. The van der Waals surface area contributed by atoms with E-state index in [1.54, 1.807) is 6.26 Å². The predicted molar refractivity (Wildman–Crippen MR) is 51.0 cm³/mol. The highest BCUT2D eigenvalue weighted by atomic mass is 16.5. The van der Waals surface area contributed by atoms with Crippen molar-refractivity contribution in [3.63, 3.8) is 0 Å². The maximum atomic E-state index is 5.33. The van der Waals surface area contributed by atoms with E-state index in [2.05, 4.69) is 10.3 Å². The van der Waals surface area contributed by atoms with Gasteiger partial charge in [0.05, 0.1) is 18.9 Å². The van der Waals surface area contributed by atoms with Crippen LogP contribution >= 0.6 is 0 Å². The lowest BCUT2D eigenvalue weighted by Crippen LogP contribution is -2.10. The summed E-state index contributed by atoms with van der Waals surface area (Å²) in [4.78, 5) is 4.20. The molecule has 0 aromatic carbocycles. The molecule has 4 nitrogen and oxygen atoms in total. The van der Waals surface area contributed by atoms with Crippen LogP contribution in [0.5, 0.6) is 0 Å². The van der Waals surface area contributed by atoms with Crippen LogP contribution in [0.2, 0.25) is 0 Å². The van der Waals surface area contributed by atoms with Crippen LogP contribution in [-0.4, -0.2) is 24.7 Å². The van der Waals surface area contributed by atoms with Crippen LogP contribution in [0.25, 0.3) is 0 Å². The highest BCUT2D eigenvalue weighted by Gasteiger charge is 2.53. The van der Waals surface area contributed by atoms with E-state index in [1.807, 2.05) is 6.92 Å². The molecule has 2 fully saturated rings. The van der Waals surface area contributed by atoms with Crippen molar-refractivity contribution in [2.75, 3.05) is 25.1 Å². The molecule has 2 unspecified atom stereocenters. The second-order valence-corrected chi connectivity index (χ2v) is 4.20. The Bertz CT molecular complexity index is 327. The van der Waals surface area contributed by atoms with E-state index in [-0.39, 0.29) is 0 Å². The molecule has 1 aliphatic heterocycles. The predicted octanol–water partition coefficient (Wildman–Crippen LogP) is 1.29. The molecular weight excluding hydrogens is 180 g/mol. The molecule has 0 bridgehead atoms. The Morgan fingerprint density at radius 3 is 2.93 bits per heavy atom. The minimum absolute atomic E-state index is 0.647. The summed E-state index contributed by atoms with van der Waals surface area (Å²) in [5.41, 5.74) is 0.923. The first-order valence-electron chi connectivity index (χ1n) is 5.08. The second-order valence-electron chi connectivity index (χ2n) is 4.20. The van der Waals surface area contributed by atoms with E-state index in [0.29, 0.717) is 6.01 Å². The van der Waals surface area contributed by atoms with Gasteiger partial charge in [-0.25, -0.2) is 0 Å². The normalized spacial score (nSPS) is 34.2. The molecule has 76 valence electrons. The van der Waals surface area contributed by atoms with Crippen molar-refractivity contribution in [2.24, 2.45) is 17.8 Å². The largest absolute Gasteiger partial charge is 0.432 e. The number of hydrogen-bond acceptors (Lipinski definition) is 4. The first-order chi connectivity index (χ1) is 6.84.